The van der Waals surface area contributed by atoms with E-state index >= 15 is 0 Å². The topological polar surface area (TPSA) is 29.5 Å². The van der Waals surface area contributed by atoms with Crippen molar-refractivity contribution in [2.75, 3.05) is 0 Å². The van der Waals surface area contributed by atoms with E-state index in [-0.39, 0.29) is 18.2 Å². The molecule has 100 valence electrons. The Balaban J connectivity index is 1.81. The predicted molar refractivity (Wildman–Crippen MR) is 73.5 cm³/mol. The molecule has 0 N–H and O–H groups in total. The zero-order valence-corrected chi connectivity index (χ0v) is 11.0. The van der Waals surface area contributed by atoms with Crippen LogP contribution in [0, 0.1) is 0 Å². The first kappa shape index (κ1) is 12.3. The van der Waals surface area contributed by atoms with E-state index in [1.54, 1.807) is 4.90 Å². The maximum absolute atomic E-state index is 12.1. The lowest BCUT2D eigenvalue weighted by Crippen LogP contribution is -2.36. The average molecular weight is 257 g/mol. The van der Waals surface area contributed by atoms with Crippen LogP contribution in [0.2, 0.25) is 0 Å². The normalized spacial score (nSPS) is 24.6. The minimum absolute atomic E-state index is 0.231. The van der Waals surface area contributed by atoms with E-state index in [1.165, 1.54) is 19.3 Å². The molecule has 1 atom stereocenters. The van der Waals surface area contributed by atoms with Gasteiger partial charge in [-0.3, -0.25) is 4.90 Å². The number of hydrogen-bond donors (Lipinski definition) is 0. The van der Waals surface area contributed by atoms with Gasteiger partial charge in [-0.1, -0.05) is 56.2 Å². The van der Waals surface area contributed by atoms with Gasteiger partial charge in [0.05, 0.1) is 5.70 Å². The van der Waals surface area contributed by atoms with Crippen molar-refractivity contribution in [3.8, 4) is 0 Å². The third kappa shape index (κ3) is 2.25. The molecule has 1 unspecified atom stereocenters. The number of hydrogen-bond acceptors (Lipinski definition) is 2. The summed E-state index contributed by atoms with van der Waals surface area (Å²) in [5, 5.41) is 0. The van der Waals surface area contributed by atoms with E-state index < -0.39 is 0 Å². The molecule has 0 bridgehead atoms. The summed E-state index contributed by atoms with van der Waals surface area (Å²) in [5.41, 5.74) is 1.79. The van der Waals surface area contributed by atoms with Gasteiger partial charge in [-0.15, -0.1) is 0 Å². The minimum atomic E-state index is -0.310. The Bertz CT molecular complexity index is 477. The summed E-state index contributed by atoms with van der Waals surface area (Å²) < 4.78 is 5.51. The highest BCUT2D eigenvalue weighted by Gasteiger charge is 2.40. The SMILES string of the molecule is C=C1C(c2ccccc2)OC(=O)N1C1CCCCC1. The summed E-state index contributed by atoms with van der Waals surface area (Å²) in [6, 6.07) is 10.1. The van der Waals surface area contributed by atoms with Crippen molar-refractivity contribution in [3.05, 3.63) is 48.2 Å². The Morgan fingerprint density at radius 1 is 1.11 bits per heavy atom. The third-order valence-electron chi connectivity index (χ3n) is 4.07. The first-order chi connectivity index (χ1) is 9.27. The predicted octanol–water partition coefficient (Wildman–Crippen LogP) is 4.03. The van der Waals surface area contributed by atoms with Gasteiger partial charge in [0.1, 0.15) is 0 Å². The molecular weight excluding hydrogens is 238 g/mol. The first-order valence-corrected chi connectivity index (χ1v) is 7.01. The second kappa shape index (κ2) is 5.08. The first-order valence-electron chi connectivity index (χ1n) is 7.01. The maximum atomic E-state index is 12.1. The van der Waals surface area contributed by atoms with Gasteiger partial charge in [0.2, 0.25) is 0 Å². The maximum Gasteiger partial charge on any atom is 0.415 e. The van der Waals surface area contributed by atoms with E-state index in [0.717, 1.165) is 24.1 Å². The number of carbonyl (C=O) groups excluding carboxylic acids is 1. The molecule has 1 aliphatic carbocycles. The highest BCUT2D eigenvalue weighted by Crippen LogP contribution is 2.38. The molecule has 0 spiro atoms. The minimum Gasteiger partial charge on any atom is -0.434 e. The highest BCUT2D eigenvalue weighted by atomic mass is 16.6. The summed E-state index contributed by atoms with van der Waals surface area (Å²) in [7, 11) is 0. The second-order valence-corrected chi connectivity index (χ2v) is 5.33. The lowest BCUT2D eigenvalue weighted by molar-refractivity contribution is 0.124. The molecule has 1 aliphatic heterocycles. The van der Waals surface area contributed by atoms with Gasteiger partial charge >= 0.3 is 6.09 Å². The van der Waals surface area contributed by atoms with Crippen LogP contribution in [-0.2, 0) is 4.74 Å². The Morgan fingerprint density at radius 3 is 2.47 bits per heavy atom. The van der Waals surface area contributed by atoms with E-state index in [0.29, 0.717) is 0 Å². The summed E-state index contributed by atoms with van der Waals surface area (Å²) in [6.07, 6.45) is 5.25. The molecular formula is C16H19NO2. The number of amides is 1. The number of rotatable bonds is 2. The molecule has 2 fully saturated rings. The molecule has 3 heteroatoms. The van der Waals surface area contributed by atoms with Crippen LogP contribution in [-0.4, -0.2) is 17.0 Å². The Morgan fingerprint density at radius 2 is 1.79 bits per heavy atom. The van der Waals surface area contributed by atoms with Gasteiger partial charge in [0, 0.05) is 6.04 Å². The van der Waals surface area contributed by atoms with E-state index in [4.69, 9.17) is 4.74 Å². The van der Waals surface area contributed by atoms with Crippen LogP contribution in [0.1, 0.15) is 43.8 Å². The fourth-order valence-electron chi connectivity index (χ4n) is 3.08. The fourth-order valence-corrected chi connectivity index (χ4v) is 3.08. The summed E-state index contributed by atoms with van der Waals surface area (Å²) >= 11 is 0. The lowest BCUT2D eigenvalue weighted by Gasteiger charge is -2.29. The molecule has 1 saturated heterocycles. The fraction of sp³-hybridized carbons (Fsp3) is 0.438. The zero-order valence-electron chi connectivity index (χ0n) is 11.0. The quantitative estimate of drug-likeness (QED) is 0.800. The van der Waals surface area contributed by atoms with Gasteiger partial charge in [-0.25, -0.2) is 4.79 Å². The monoisotopic (exact) mass is 257 g/mol. The summed E-state index contributed by atoms with van der Waals surface area (Å²) in [5.74, 6) is 0. The standard InChI is InChI=1S/C16H19NO2/c1-12-15(13-8-4-2-5-9-13)19-16(18)17(12)14-10-6-3-7-11-14/h2,4-5,8-9,14-15H,1,3,6-7,10-11H2. The smallest absolute Gasteiger partial charge is 0.415 e. The number of benzene rings is 1. The van der Waals surface area contributed by atoms with E-state index in [9.17, 15) is 4.79 Å². The molecule has 1 heterocycles. The molecule has 1 saturated carbocycles. The molecule has 1 amide bonds. The molecule has 3 nitrogen and oxygen atoms in total. The molecule has 0 radical (unpaired) electrons. The summed E-state index contributed by atoms with van der Waals surface area (Å²) in [4.78, 5) is 13.9. The van der Waals surface area contributed by atoms with Crippen LogP contribution in [0.4, 0.5) is 4.79 Å². The van der Waals surface area contributed by atoms with E-state index in [1.807, 2.05) is 30.3 Å². The third-order valence-corrected chi connectivity index (χ3v) is 4.07. The van der Waals surface area contributed by atoms with Crippen molar-refractivity contribution in [1.29, 1.82) is 0 Å². The zero-order chi connectivity index (χ0) is 13.2. The second-order valence-electron chi connectivity index (χ2n) is 5.33. The van der Waals surface area contributed by atoms with Crippen LogP contribution in [0.3, 0.4) is 0 Å². The number of carbonyl (C=O) groups is 1. The van der Waals surface area contributed by atoms with Gasteiger partial charge in [0.15, 0.2) is 6.10 Å². The van der Waals surface area contributed by atoms with Gasteiger partial charge in [-0.05, 0) is 18.4 Å². The average Bonchev–Trinajstić information content (AvgIpc) is 2.76. The van der Waals surface area contributed by atoms with Crippen molar-refractivity contribution >= 4 is 6.09 Å². The van der Waals surface area contributed by atoms with Crippen molar-refractivity contribution in [3.63, 3.8) is 0 Å². The largest absolute Gasteiger partial charge is 0.434 e. The Kier molecular flexibility index (Phi) is 3.28. The van der Waals surface area contributed by atoms with Crippen LogP contribution in [0.5, 0.6) is 0 Å². The summed E-state index contributed by atoms with van der Waals surface area (Å²) in [6.45, 7) is 4.10. The molecule has 2 aliphatic rings. The number of cyclic esters (lactones) is 1. The molecule has 3 rings (SSSR count). The Labute approximate surface area is 113 Å². The van der Waals surface area contributed by atoms with Crippen LogP contribution in [0.25, 0.3) is 0 Å². The molecule has 1 aromatic carbocycles. The highest BCUT2D eigenvalue weighted by molar-refractivity contribution is 5.74. The van der Waals surface area contributed by atoms with Crippen LogP contribution < -0.4 is 0 Å². The van der Waals surface area contributed by atoms with Gasteiger partial charge in [0.25, 0.3) is 0 Å². The van der Waals surface area contributed by atoms with Crippen LogP contribution >= 0.6 is 0 Å². The Hall–Kier alpha value is -1.77. The lowest BCUT2D eigenvalue weighted by atomic mass is 9.93. The van der Waals surface area contributed by atoms with Gasteiger partial charge in [-0.2, -0.15) is 0 Å². The number of ether oxygens (including phenoxy) is 1. The number of nitrogens with zero attached hydrogens (tertiary/aromatic N) is 1. The van der Waals surface area contributed by atoms with Crippen LogP contribution in [0.15, 0.2) is 42.6 Å². The van der Waals surface area contributed by atoms with E-state index in [2.05, 4.69) is 6.58 Å². The molecule has 19 heavy (non-hydrogen) atoms. The molecule has 0 aromatic heterocycles. The van der Waals surface area contributed by atoms with Crippen molar-refractivity contribution < 1.29 is 9.53 Å². The van der Waals surface area contributed by atoms with Crippen molar-refractivity contribution in [2.24, 2.45) is 0 Å². The molecule has 1 aromatic rings. The van der Waals surface area contributed by atoms with Crippen molar-refractivity contribution in [1.82, 2.24) is 4.90 Å². The van der Waals surface area contributed by atoms with Crippen molar-refractivity contribution in [2.45, 2.75) is 44.2 Å². The van der Waals surface area contributed by atoms with Gasteiger partial charge < -0.3 is 4.74 Å².